The number of aliphatic hydroxyl groups excluding tert-OH is 1. The second-order valence-corrected chi connectivity index (χ2v) is 6.35. The summed E-state index contributed by atoms with van der Waals surface area (Å²) in [4.78, 5) is 24.7. The van der Waals surface area contributed by atoms with E-state index < -0.39 is 6.10 Å². The van der Waals surface area contributed by atoms with Gasteiger partial charge in [-0.1, -0.05) is 0 Å². The van der Waals surface area contributed by atoms with E-state index in [1.54, 1.807) is 24.3 Å². The van der Waals surface area contributed by atoms with Crippen molar-refractivity contribution < 1.29 is 14.6 Å². The van der Waals surface area contributed by atoms with Crippen LogP contribution in [0.15, 0.2) is 12.3 Å². The number of aromatic nitrogens is 2. The van der Waals surface area contributed by atoms with Crippen LogP contribution in [-0.2, 0) is 9.53 Å². The van der Waals surface area contributed by atoms with Crippen molar-refractivity contribution in [3.8, 4) is 0 Å². The third-order valence-corrected chi connectivity index (χ3v) is 4.46. The molecule has 2 aliphatic rings. The molecule has 0 unspecified atom stereocenters. The fraction of sp³-hybridized carbons (Fsp3) is 0.667. The van der Waals surface area contributed by atoms with Gasteiger partial charge in [-0.2, -0.15) is 4.98 Å². The van der Waals surface area contributed by atoms with Crippen LogP contribution in [0.1, 0.15) is 12.8 Å². The molecule has 1 amide bonds. The maximum Gasteiger partial charge on any atom is 0.231 e. The summed E-state index contributed by atoms with van der Waals surface area (Å²) in [5.41, 5.74) is 5.32. The molecule has 0 aromatic carbocycles. The van der Waals surface area contributed by atoms with Crippen molar-refractivity contribution in [1.29, 1.82) is 0 Å². The molecule has 3 N–H and O–H groups in total. The number of aliphatic hydroxyl groups is 1. The number of ether oxygens (including phenoxy) is 1. The molecular weight excluding hydrogens is 298 g/mol. The Morgan fingerprint density at radius 1 is 1.48 bits per heavy atom. The van der Waals surface area contributed by atoms with Crippen molar-refractivity contribution in [2.45, 2.75) is 18.9 Å². The number of nitrogen functional groups attached to an aromatic ring is 1. The van der Waals surface area contributed by atoms with E-state index in [4.69, 9.17) is 10.5 Å². The summed E-state index contributed by atoms with van der Waals surface area (Å²) in [6.45, 7) is 2.24. The molecule has 23 heavy (non-hydrogen) atoms. The molecule has 8 nitrogen and oxygen atoms in total. The standard InChI is InChI=1S/C15H23N5O3/c1-23-10-15(3-4-15)13(22)19-6-7-20(9-11(21)8-19)14-17-5-2-12(16)18-14/h2,5,11,21H,3-4,6-10H2,1H3,(H2,16,17,18)/t11-/m1/s1. The van der Waals surface area contributed by atoms with Crippen LogP contribution in [0.2, 0.25) is 0 Å². The molecule has 126 valence electrons. The highest BCUT2D eigenvalue weighted by molar-refractivity contribution is 5.85. The quantitative estimate of drug-likeness (QED) is 0.770. The number of β-amino-alcohol motifs (C(OH)–C–C–N with tert-alkyl or cyclic N) is 1. The Labute approximate surface area is 135 Å². The Balaban J connectivity index is 1.70. The van der Waals surface area contributed by atoms with E-state index in [0.717, 1.165) is 12.8 Å². The minimum Gasteiger partial charge on any atom is -0.389 e. The van der Waals surface area contributed by atoms with Crippen molar-refractivity contribution in [2.24, 2.45) is 5.41 Å². The summed E-state index contributed by atoms with van der Waals surface area (Å²) in [6, 6.07) is 1.62. The predicted molar refractivity (Wildman–Crippen MR) is 84.8 cm³/mol. The van der Waals surface area contributed by atoms with Gasteiger partial charge in [-0.25, -0.2) is 4.98 Å². The highest BCUT2D eigenvalue weighted by atomic mass is 16.5. The number of carbonyl (C=O) groups excluding carboxylic acids is 1. The van der Waals surface area contributed by atoms with Crippen LogP contribution in [0.4, 0.5) is 11.8 Å². The first-order valence-corrected chi connectivity index (χ1v) is 7.84. The van der Waals surface area contributed by atoms with Gasteiger partial charge in [0.15, 0.2) is 0 Å². The molecule has 1 atom stereocenters. The number of methoxy groups -OCH3 is 1. The third kappa shape index (κ3) is 3.37. The second kappa shape index (κ2) is 6.29. The smallest absolute Gasteiger partial charge is 0.231 e. The lowest BCUT2D eigenvalue weighted by molar-refractivity contribution is -0.139. The summed E-state index contributed by atoms with van der Waals surface area (Å²) in [7, 11) is 1.61. The van der Waals surface area contributed by atoms with E-state index in [1.807, 2.05) is 4.90 Å². The Hall–Kier alpha value is -1.93. The number of amides is 1. The van der Waals surface area contributed by atoms with Crippen molar-refractivity contribution in [2.75, 3.05) is 50.5 Å². The normalized spacial score (nSPS) is 23.5. The van der Waals surface area contributed by atoms with Gasteiger partial charge in [-0.05, 0) is 18.9 Å². The van der Waals surface area contributed by atoms with Gasteiger partial charge >= 0.3 is 0 Å². The average molecular weight is 321 g/mol. The van der Waals surface area contributed by atoms with Crippen LogP contribution < -0.4 is 10.6 Å². The minimum absolute atomic E-state index is 0.0775. The van der Waals surface area contributed by atoms with Gasteiger partial charge < -0.3 is 25.4 Å². The number of anilines is 2. The van der Waals surface area contributed by atoms with Gasteiger partial charge in [0, 0.05) is 39.5 Å². The monoisotopic (exact) mass is 321 g/mol. The molecule has 0 bridgehead atoms. The lowest BCUT2D eigenvalue weighted by atomic mass is 10.1. The Morgan fingerprint density at radius 2 is 2.26 bits per heavy atom. The third-order valence-electron chi connectivity index (χ3n) is 4.46. The molecule has 1 aromatic heterocycles. The first-order valence-electron chi connectivity index (χ1n) is 7.84. The molecule has 3 rings (SSSR count). The fourth-order valence-electron chi connectivity index (χ4n) is 3.05. The zero-order chi connectivity index (χ0) is 16.4. The van der Waals surface area contributed by atoms with Crippen molar-refractivity contribution >= 4 is 17.7 Å². The maximum absolute atomic E-state index is 12.7. The van der Waals surface area contributed by atoms with Crippen LogP contribution in [0, 0.1) is 5.41 Å². The van der Waals surface area contributed by atoms with E-state index in [2.05, 4.69) is 9.97 Å². The summed E-state index contributed by atoms with van der Waals surface area (Å²) in [5.74, 6) is 0.948. The van der Waals surface area contributed by atoms with Crippen molar-refractivity contribution in [3.05, 3.63) is 12.3 Å². The van der Waals surface area contributed by atoms with Gasteiger partial charge in [-0.3, -0.25) is 4.79 Å². The summed E-state index contributed by atoms with van der Waals surface area (Å²) >= 11 is 0. The first-order chi connectivity index (χ1) is 11.0. The number of rotatable bonds is 4. The molecule has 1 saturated heterocycles. The lowest BCUT2D eigenvalue weighted by Gasteiger charge is -2.26. The molecule has 1 aliphatic carbocycles. The molecule has 0 spiro atoms. The van der Waals surface area contributed by atoms with E-state index in [9.17, 15) is 9.90 Å². The summed E-state index contributed by atoms with van der Waals surface area (Å²) < 4.78 is 5.19. The largest absolute Gasteiger partial charge is 0.389 e. The molecule has 0 radical (unpaired) electrons. The zero-order valence-electron chi connectivity index (χ0n) is 13.3. The van der Waals surface area contributed by atoms with Crippen LogP contribution in [-0.4, -0.2) is 71.9 Å². The van der Waals surface area contributed by atoms with Gasteiger partial charge in [0.1, 0.15) is 5.82 Å². The van der Waals surface area contributed by atoms with Crippen LogP contribution >= 0.6 is 0 Å². The lowest BCUT2D eigenvalue weighted by Crippen LogP contribution is -2.43. The molecule has 8 heteroatoms. The average Bonchev–Trinajstić information content (AvgIpc) is 3.32. The Bertz CT molecular complexity index is 578. The second-order valence-electron chi connectivity index (χ2n) is 6.35. The Morgan fingerprint density at radius 3 is 2.91 bits per heavy atom. The number of nitrogens with two attached hydrogens (primary N) is 1. The highest BCUT2D eigenvalue weighted by Gasteiger charge is 2.52. The maximum atomic E-state index is 12.7. The number of hydrogen-bond acceptors (Lipinski definition) is 7. The predicted octanol–water partition coefficient (Wildman–Crippen LogP) is -0.505. The number of nitrogens with zero attached hydrogens (tertiary/aromatic N) is 4. The van der Waals surface area contributed by atoms with E-state index >= 15 is 0 Å². The van der Waals surface area contributed by atoms with Gasteiger partial charge in [0.05, 0.1) is 18.1 Å². The fourth-order valence-corrected chi connectivity index (χ4v) is 3.05. The van der Waals surface area contributed by atoms with E-state index in [0.29, 0.717) is 44.6 Å². The summed E-state index contributed by atoms with van der Waals surface area (Å²) in [5, 5.41) is 10.3. The highest BCUT2D eigenvalue weighted by Crippen LogP contribution is 2.47. The van der Waals surface area contributed by atoms with Crippen molar-refractivity contribution in [1.82, 2.24) is 14.9 Å². The molecule has 2 fully saturated rings. The molecule has 1 saturated carbocycles. The van der Waals surface area contributed by atoms with Crippen LogP contribution in [0.3, 0.4) is 0 Å². The number of hydrogen-bond donors (Lipinski definition) is 2. The molecule has 1 aliphatic heterocycles. The van der Waals surface area contributed by atoms with Gasteiger partial charge in [-0.15, -0.1) is 0 Å². The SMILES string of the molecule is COCC1(C(=O)N2CCN(c3nccc(N)n3)C[C@H](O)C2)CC1. The van der Waals surface area contributed by atoms with Gasteiger partial charge in [0.2, 0.25) is 11.9 Å². The zero-order valence-corrected chi connectivity index (χ0v) is 13.3. The molecular formula is C15H23N5O3. The molecule has 2 heterocycles. The summed E-state index contributed by atoms with van der Waals surface area (Å²) in [6.07, 6.45) is 2.66. The topological polar surface area (TPSA) is 105 Å². The van der Waals surface area contributed by atoms with Crippen LogP contribution in [0.25, 0.3) is 0 Å². The van der Waals surface area contributed by atoms with Crippen LogP contribution in [0.5, 0.6) is 0 Å². The van der Waals surface area contributed by atoms with E-state index in [-0.39, 0.29) is 11.3 Å². The first kappa shape index (κ1) is 15.9. The molecule has 1 aromatic rings. The van der Waals surface area contributed by atoms with Crippen molar-refractivity contribution in [3.63, 3.8) is 0 Å². The Kier molecular flexibility index (Phi) is 4.36. The van der Waals surface area contributed by atoms with E-state index in [1.165, 1.54) is 0 Å². The van der Waals surface area contributed by atoms with Gasteiger partial charge in [0.25, 0.3) is 0 Å². The number of carbonyl (C=O) groups is 1. The minimum atomic E-state index is -0.648.